The van der Waals surface area contributed by atoms with Crippen LogP contribution >= 0.6 is 0 Å². The minimum absolute atomic E-state index is 0. The molecule has 5 heteroatoms. The Kier molecular flexibility index (Phi) is 111. The van der Waals surface area contributed by atoms with Gasteiger partial charge in [0, 0.05) is 61.8 Å². The maximum Gasteiger partial charge on any atom is 0.472 e. The molecule has 0 aliphatic carbocycles. The summed E-state index contributed by atoms with van der Waals surface area (Å²) in [4.78, 5) is 0. The third kappa shape index (κ3) is 17.9. The van der Waals surface area contributed by atoms with E-state index >= 15 is 0 Å². The molecule has 0 heterocycles. The molecule has 0 amide bonds. The number of halogens is 1. The molecule has 0 aromatic carbocycles. The molecule has 0 spiro atoms. The molecule has 0 fully saturated rings. The molecule has 0 aromatic rings. The average molecular weight is 417 g/mol. The molecule has 0 aliphatic heterocycles. The van der Waals surface area contributed by atoms with E-state index in [2.05, 4.69) is 0 Å². The van der Waals surface area contributed by atoms with Gasteiger partial charge in [-0.15, -0.1) is 0 Å². The summed E-state index contributed by atoms with van der Waals surface area (Å²) in [5.74, 6) is 0. The maximum atomic E-state index is 9.64. The number of hydrogen-bond acceptors (Lipinski definition) is 0. The van der Waals surface area contributed by atoms with Crippen molar-refractivity contribution >= 4 is 65.6 Å². The van der Waals surface area contributed by atoms with E-state index in [1.807, 2.05) is 0 Å². The Morgan fingerprint density at radius 2 is 1.20 bits per heavy atom. The van der Waals surface area contributed by atoms with E-state index in [1.54, 1.807) is 0 Å². The van der Waals surface area contributed by atoms with Crippen molar-refractivity contribution in [2.75, 3.05) is 0 Å². The first-order chi connectivity index (χ1) is 1.00. The first-order valence-electron chi connectivity index (χ1n) is 0.378. The van der Waals surface area contributed by atoms with Gasteiger partial charge >= 0.3 is 65.6 Å². The van der Waals surface area contributed by atoms with Gasteiger partial charge in [-0.25, -0.2) is 0 Å². The summed E-state index contributed by atoms with van der Waals surface area (Å²) >= 11 is -0.194. The van der Waals surface area contributed by atoms with Crippen molar-refractivity contribution in [3.8, 4) is 0 Å². The Morgan fingerprint density at radius 3 is 1.20 bits per heavy atom. The summed E-state index contributed by atoms with van der Waals surface area (Å²) in [7, 11) is 0. The summed E-state index contributed by atoms with van der Waals surface area (Å²) < 4.78 is 9.64. The fourth-order valence-electron chi connectivity index (χ4n) is 0. The summed E-state index contributed by atoms with van der Waals surface area (Å²) in [6.07, 6.45) is 0. The van der Waals surface area contributed by atoms with Crippen LogP contribution < -0.4 is 0 Å². The predicted molar refractivity (Wildman–Crippen MR) is 18.2 cm³/mol. The molecule has 0 nitrogen and oxygen atoms in total. The van der Waals surface area contributed by atoms with E-state index < -0.39 is 0 Å². The summed E-state index contributed by atoms with van der Waals surface area (Å²) in [6, 6.07) is 0. The monoisotopic (exact) mass is 417 g/mol. The molecule has 0 bridgehead atoms. The molecule has 0 atom stereocenters. The van der Waals surface area contributed by atoms with Gasteiger partial charge < -0.3 is 3.52 Å². The zero-order valence-corrected chi connectivity index (χ0v) is 10.5. The summed E-state index contributed by atoms with van der Waals surface area (Å²) in [5.41, 5.74) is 0. The van der Waals surface area contributed by atoms with Crippen LogP contribution in [0, 0.1) is 35.6 Å². The van der Waals surface area contributed by atoms with Crippen molar-refractivity contribution in [3.63, 3.8) is 0 Å². The van der Waals surface area contributed by atoms with Gasteiger partial charge in [0.05, 0.1) is 0 Å². The Morgan fingerprint density at radius 1 is 1.20 bits per heavy atom. The van der Waals surface area contributed by atoms with Gasteiger partial charge in [0.15, 0.2) is 0 Å². The van der Waals surface area contributed by atoms with E-state index in [-0.39, 0.29) is 127 Å². The predicted octanol–water partition coefficient (Wildman–Crippen LogP) is -1.41. The van der Waals surface area contributed by atoms with Crippen LogP contribution in [0.25, 0.3) is 0 Å². The molecular weight excluding hydrogens is 413 g/mol. The topological polar surface area (TPSA) is 0 Å². The minimum atomic E-state index is -0.194. The van der Waals surface area contributed by atoms with Crippen molar-refractivity contribution < 1.29 is 65.3 Å². The van der Waals surface area contributed by atoms with Gasteiger partial charge in [-0.2, -0.15) is 0 Å². The van der Waals surface area contributed by atoms with Crippen molar-refractivity contribution in [2.45, 2.75) is 0 Å². The molecule has 0 unspecified atom stereocenters. The van der Waals surface area contributed by atoms with Gasteiger partial charge in [0.25, 0.3) is 0 Å². The maximum absolute atomic E-state index is 9.64. The van der Waals surface area contributed by atoms with Crippen molar-refractivity contribution in [3.05, 3.63) is 0 Å². The van der Waals surface area contributed by atoms with Crippen LogP contribution in [0.15, 0.2) is 0 Å². The molecule has 5 heavy (non-hydrogen) atoms. The second kappa shape index (κ2) is 24.3. The molecule has 1 radical (unpaired) electrons. The minimum Gasteiger partial charge on any atom is -0.430 e. The molecule has 23 valence electrons. The first kappa shape index (κ1) is 22.9. The Balaban J connectivity index is -0.00000000167. The van der Waals surface area contributed by atoms with E-state index in [0.29, 0.717) is 0 Å². The molecule has 0 saturated heterocycles. The zero-order valence-electron chi connectivity index (χ0n) is 2.46. The molecule has 0 N–H and O–H groups in total. The normalized spacial score (nSPS) is 1.00. The van der Waals surface area contributed by atoms with Gasteiger partial charge in [-0.1, -0.05) is 0 Å². The van der Waals surface area contributed by atoms with Crippen LogP contribution in [0.5, 0.6) is 0 Å². The standard InChI is InChI=1S/Al.Ba.FH.La.Zr.4H/h;;1H;;;;;;/q+1;;;;;;;;/p-1. The smallest absolute Gasteiger partial charge is 0.430 e. The first-order valence-corrected chi connectivity index (χ1v) is 1.13. The van der Waals surface area contributed by atoms with E-state index in [1.165, 1.54) is 0 Å². The van der Waals surface area contributed by atoms with Crippen LogP contribution in [0.3, 0.4) is 0 Å². The van der Waals surface area contributed by atoms with E-state index in [0.717, 1.165) is 0 Å². The van der Waals surface area contributed by atoms with Crippen molar-refractivity contribution in [1.82, 2.24) is 0 Å². The molecular formula is H4AlBaFLaZr. The van der Waals surface area contributed by atoms with Crippen molar-refractivity contribution in [2.24, 2.45) is 0 Å². The Labute approximate surface area is 127 Å². The average Bonchev–Trinajstić information content (AvgIpc) is 1.00. The van der Waals surface area contributed by atoms with Gasteiger partial charge in [0.1, 0.15) is 0 Å². The fraction of sp³-hybridized carbons (Fsp3) is 0. The van der Waals surface area contributed by atoms with Crippen molar-refractivity contribution in [1.29, 1.82) is 0 Å². The molecule has 0 aromatic heterocycles. The third-order valence-electron chi connectivity index (χ3n) is 0. The largest absolute Gasteiger partial charge is 0.472 e. The van der Waals surface area contributed by atoms with Crippen LogP contribution in [0.2, 0.25) is 0 Å². The van der Waals surface area contributed by atoms with Crippen LogP contribution in [-0.4, -0.2) is 65.6 Å². The molecule has 0 rings (SSSR count). The Hall–Kier alpha value is 4.11. The van der Waals surface area contributed by atoms with Crippen LogP contribution in [-0.2, 0) is 26.2 Å². The third-order valence-corrected chi connectivity index (χ3v) is 0. The quantitative estimate of drug-likeness (QED) is 0.425. The fourth-order valence-corrected chi connectivity index (χ4v) is 0. The summed E-state index contributed by atoms with van der Waals surface area (Å²) in [6.45, 7) is 0. The number of rotatable bonds is 0. The number of hydrogen-bond donors (Lipinski definition) is 0. The Bertz CT molecular complexity index is 11.6. The van der Waals surface area contributed by atoms with Crippen LogP contribution in [0.1, 0.15) is 0 Å². The van der Waals surface area contributed by atoms with E-state index in [4.69, 9.17) is 0 Å². The zero-order chi connectivity index (χ0) is 2.00. The summed E-state index contributed by atoms with van der Waals surface area (Å²) in [5, 5.41) is 0. The second-order valence-corrected chi connectivity index (χ2v) is 0. The van der Waals surface area contributed by atoms with E-state index in [9.17, 15) is 3.52 Å². The SMILES string of the molecule is [BaH2].[F][AlH2].[La].[Zr]. The van der Waals surface area contributed by atoms with Gasteiger partial charge in [0.2, 0.25) is 0 Å². The molecule has 0 saturated carbocycles. The molecule has 0 aliphatic rings. The second-order valence-electron chi connectivity index (χ2n) is 0. The van der Waals surface area contributed by atoms with Crippen LogP contribution in [0.4, 0.5) is 3.52 Å². The van der Waals surface area contributed by atoms with Gasteiger partial charge in [-0.05, 0) is 0 Å². The van der Waals surface area contributed by atoms with Gasteiger partial charge in [-0.3, -0.25) is 0 Å².